The summed E-state index contributed by atoms with van der Waals surface area (Å²) in [5.41, 5.74) is 1.60. The molecule has 1 aromatic carbocycles. The first-order valence-electron chi connectivity index (χ1n) is 7.56. The molecule has 1 N–H and O–H groups in total. The molecule has 1 amide bonds. The van der Waals surface area contributed by atoms with E-state index >= 15 is 0 Å². The molecule has 3 rings (SSSR count). The number of carbonyl (C=O) groups excluding carboxylic acids is 2. The van der Waals surface area contributed by atoms with Crippen molar-refractivity contribution >= 4 is 28.2 Å². The molecule has 0 unspecified atom stereocenters. The van der Waals surface area contributed by atoms with Crippen LogP contribution >= 0.6 is 11.3 Å². The number of carbonyl (C=O) groups is 2. The maximum atomic E-state index is 12.4. The number of ether oxygens (including phenoxy) is 1. The molecular weight excluding hydrogens is 354 g/mol. The number of aromatic nitrogens is 1. The Hall–Kier alpha value is -3.44. The van der Waals surface area contributed by atoms with Crippen LogP contribution in [0.1, 0.15) is 21.7 Å². The lowest BCUT2D eigenvalue weighted by Gasteiger charge is -2.06. The molecule has 0 aliphatic rings. The Bertz CT molecular complexity index is 986. The molecule has 7 nitrogen and oxygen atoms in total. The fraction of sp³-hybridized carbons (Fsp3) is 0.111. The van der Waals surface area contributed by atoms with Gasteiger partial charge in [-0.05, 0) is 18.4 Å². The van der Waals surface area contributed by atoms with Crippen LogP contribution in [0.5, 0.6) is 0 Å². The second-order valence-electron chi connectivity index (χ2n) is 5.23. The number of nitriles is 1. The van der Waals surface area contributed by atoms with Crippen molar-refractivity contribution in [2.75, 3.05) is 11.9 Å². The van der Waals surface area contributed by atoms with Gasteiger partial charge in [-0.25, -0.2) is 4.79 Å². The Balaban J connectivity index is 1.69. The van der Waals surface area contributed by atoms with Crippen molar-refractivity contribution in [2.45, 2.75) is 6.92 Å². The molecule has 2 aromatic heterocycles. The molecule has 2 heterocycles. The van der Waals surface area contributed by atoms with Crippen molar-refractivity contribution in [3.8, 4) is 17.3 Å². The van der Waals surface area contributed by atoms with Gasteiger partial charge >= 0.3 is 5.97 Å². The van der Waals surface area contributed by atoms with E-state index < -0.39 is 18.5 Å². The first-order valence-corrected chi connectivity index (χ1v) is 8.44. The second kappa shape index (κ2) is 7.63. The Morgan fingerprint density at radius 3 is 2.81 bits per heavy atom. The molecule has 8 heteroatoms. The SMILES string of the molecule is Cc1onc(-c2ccccc2)c1C(=O)OCC(=O)Nc1sccc1C#N. The molecule has 0 atom stereocenters. The summed E-state index contributed by atoms with van der Waals surface area (Å²) in [5, 5.41) is 17.5. The highest BCUT2D eigenvalue weighted by Crippen LogP contribution is 2.26. The molecule has 26 heavy (non-hydrogen) atoms. The number of thiophene rings is 1. The lowest BCUT2D eigenvalue weighted by Crippen LogP contribution is -2.21. The molecule has 0 saturated carbocycles. The minimum absolute atomic E-state index is 0.179. The molecular formula is C18H13N3O4S. The smallest absolute Gasteiger partial charge is 0.344 e. The molecule has 0 bridgehead atoms. The molecule has 0 saturated heterocycles. The van der Waals surface area contributed by atoms with Gasteiger partial charge in [0.05, 0.1) is 5.56 Å². The largest absolute Gasteiger partial charge is 0.452 e. The van der Waals surface area contributed by atoms with E-state index in [9.17, 15) is 9.59 Å². The van der Waals surface area contributed by atoms with Crippen LogP contribution in [0.2, 0.25) is 0 Å². The molecule has 3 aromatic rings. The van der Waals surface area contributed by atoms with Crippen LogP contribution in [0.4, 0.5) is 5.00 Å². The summed E-state index contributed by atoms with van der Waals surface area (Å²) in [6, 6.07) is 12.6. The number of hydrogen-bond acceptors (Lipinski definition) is 7. The zero-order valence-corrected chi connectivity index (χ0v) is 14.5. The average Bonchev–Trinajstić information content (AvgIpc) is 3.26. The normalized spacial score (nSPS) is 10.2. The minimum Gasteiger partial charge on any atom is -0.452 e. The van der Waals surface area contributed by atoms with Gasteiger partial charge in [0.25, 0.3) is 5.91 Å². The number of esters is 1. The van der Waals surface area contributed by atoms with Gasteiger partial charge in [0.15, 0.2) is 6.61 Å². The number of anilines is 1. The summed E-state index contributed by atoms with van der Waals surface area (Å²) >= 11 is 1.22. The zero-order chi connectivity index (χ0) is 18.5. The first-order chi connectivity index (χ1) is 12.6. The van der Waals surface area contributed by atoms with Gasteiger partial charge in [-0.2, -0.15) is 5.26 Å². The first kappa shape index (κ1) is 17.4. The third kappa shape index (κ3) is 3.63. The van der Waals surface area contributed by atoms with Crippen molar-refractivity contribution in [1.29, 1.82) is 5.26 Å². The van der Waals surface area contributed by atoms with E-state index in [0.29, 0.717) is 27.6 Å². The summed E-state index contributed by atoms with van der Waals surface area (Å²) in [6.45, 7) is 1.11. The van der Waals surface area contributed by atoms with Crippen LogP contribution < -0.4 is 5.32 Å². The van der Waals surface area contributed by atoms with Crippen LogP contribution in [0.15, 0.2) is 46.3 Å². The summed E-state index contributed by atoms with van der Waals surface area (Å²) in [5.74, 6) is -0.934. The Morgan fingerprint density at radius 2 is 2.08 bits per heavy atom. The Labute approximate surface area is 152 Å². The van der Waals surface area contributed by atoms with Gasteiger partial charge in [0.1, 0.15) is 28.1 Å². The van der Waals surface area contributed by atoms with Gasteiger partial charge in [-0.1, -0.05) is 35.5 Å². The fourth-order valence-corrected chi connectivity index (χ4v) is 3.02. The number of benzene rings is 1. The van der Waals surface area contributed by atoms with E-state index in [0.717, 1.165) is 0 Å². The van der Waals surface area contributed by atoms with Crippen molar-refractivity contribution in [1.82, 2.24) is 5.16 Å². The Morgan fingerprint density at radius 1 is 1.31 bits per heavy atom. The summed E-state index contributed by atoms with van der Waals surface area (Å²) in [7, 11) is 0. The molecule has 0 fully saturated rings. The van der Waals surface area contributed by atoms with Crippen LogP contribution in [-0.4, -0.2) is 23.6 Å². The van der Waals surface area contributed by atoms with Gasteiger partial charge in [0.2, 0.25) is 0 Å². The standard InChI is InChI=1S/C18H13N3O4S/c1-11-15(16(21-25-11)12-5-3-2-4-6-12)18(23)24-10-14(22)20-17-13(9-19)7-8-26-17/h2-8H,10H2,1H3,(H,20,22). The predicted molar refractivity (Wildman–Crippen MR) is 94.6 cm³/mol. The lowest BCUT2D eigenvalue weighted by atomic mass is 10.1. The van der Waals surface area contributed by atoms with Crippen LogP contribution in [-0.2, 0) is 9.53 Å². The van der Waals surface area contributed by atoms with E-state index in [4.69, 9.17) is 14.5 Å². The lowest BCUT2D eigenvalue weighted by molar-refractivity contribution is -0.119. The highest BCUT2D eigenvalue weighted by molar-refractivity contribution is 7.14. The maximum absolute atomic E-state index is 12.4. The number of nitrogens with zero attached hydrogens (tertiary/aromatic N) is 2. The third-order valence-electron chi connectivity index (χ3n) is 3.49. The third-order valence-corrected chi connectivity index (χ3v) is 4.32. The topological polar surface area (TPSA) is 105 Å². The molecule has 0 aliphatic heterocycles. The van der Waals surface area contributed by atoms with E-state index in [-0.39, 0.29) is 5.56 Å². The second-order valence-corrected chi connectivity index (χ2v) is 6.14. The van der Waals surface area contributed by atoms with Crippen LogP contribution in [0, 0.1) is 18.3 Å². The van der Waals surface area contributed by atoms with Gasteiger partial charge < -0.3 is 14.6 Å². The number of amides is 1. The highest BCUT2D eigenvalue weighted by atomic mass is 32.1. The van der Waals surface area contributed by atoms with Gasteiger partial charge in [-0.3, -0.25) is 4.79 Å². The maximum Gasteiger partial charge on any atom is 0.344 e. The number of aryl methyl sites for hydroxylation is 1. The van der Waals surface area contributed by atoms with E-state index in [2.05, 4.69) is 10.5 Å². The summed E-state index contributed by atoms with van der Waals surface area (Å²) in [6.07, 6.45) is 0. The van der Waals surface area contributed by atoms with Crippen molar-refractivity contribution in [3.05, 3.63) is 58.7 Å². The fourth-order valence-electron chi connectivity index (χ4n) is 2.27. The van der Waals surface area contributed by atoms with Crippen molar-refractivity contribution in [3.63, 3.8) is 0 Å². The summed E-state index contributed by atoms with van der Waals surface area (Å²) < 4.78 is 10.2. The van der Waals surface area contributed by atoms with Gasteiger partial charge in [-0.15, -0.1) is 11.3 Å². The quantitative estimate of drug-likeness (QED) is 0.693. The highest BCUT2D eigenvalue weighted by Gasteiger charge is 2.23. The molecule has 130 valence electrons. The minimum atomic E-state index is -0.704. The molecule has 0 radical (unpaired) electrons. The zero-order valence-electron chi connectivity index (χ0n) is 13.7. The predicted octanol–water partition coefficient (Wildman–Crippen LogP) is 3.38. The number of rotatable bonds is 5. The van der Waals surface area contributed by atoms with E-state index in [1.165, 1.54) is 11.3 Å². The number of nitrogens with one attached hydrogen (secondary N) is 1. The average molecular weight is 367 g/mol. The molecule has 0 spiro atoms. The van der Waals surface area contributed by atoms with Crippen LogP contribution in [0.3, 0.4) is 0 Å². The van der Waals surface area contributed by atoms with E-state index in [1.807, 2.05) is 24.3 Å². The van der Waals surface area contributed by atoms with Gasteiger partial charge in [0, 0.05) is 5.56 Å². The monoisotopic (exact) mass is 367 g/mol. The van der Waals surface area contributed by atoms with Crippen LogP contribution in [0.25, 0.3) is 11.3 Å². The van der Waals surface area contributed by atoms with Crippen molar-refractivity contribution < 1.29 is 18.8 Å². The number of hydrogen-bond donors (Lipinski definition) is 1. The van der Waals surface area contributed by atoms with E-state index in [1.54, 1.807) is 30.5 Å². The Kier molecular flexibility index (Phi) is 5.10. The molecule has 0 aliphatic carbocycles. The summed E-state index contributed by atoms with van der Waals surface area (Å²) in [4.78, 5) is 24.4. The van der Waals surface area contributed by atoms with Crippen molar-refractivity contribution in [2.24, 2.45) is 0 Å².